The van der Waals surface area contributed by atoms with Crippen molar-refractivity contribution in [3.8, 4) is 0 Å². The van der Waals surface area contributed by atoms with Crippen LogP contribution in [0.5, 0.6) is 0 Å². The van der Waals surface area contributed by atoms with E-state index < -0.39 is 11.6 Å². The van der Waals surface area contributed by atoms with Crippen LogP contribution in [0.1, 0.15) is 51.0 Å². The second-order valence-corrected chi connectivity index (χ2v) is 5.70. The van der Waals surface area contributed by atoms with Gasteiger partial charge in [-0.2, -0.15) is 0 Å². The largest absolute Gasteiger partial charge is 0.310 e. The first-order chi connectivity index (χ1) is 9.15. The van der Waals surface area contributed by atoms with Crippen molar-refractivity contribution >= 4 is 0 Å². The summed E-state index contributed by atoms with van der Waals surface area (Å²) in [4.78, 5) is 0. The van der Waals surface area contributed by atoms with Crippen LogP contribution in [0.3, 0.4) is 0 Å². The predicted octanol–water partition coefficient (Wildman–Crippen LogP) is 4.41. The summed E-state index contributed by atoms with van der Waals surface area (Å²) in [5, 5.41) is 3.42. The van der Waals surface area contributed by atoms with E-state index >= 15 is 0 Å². The molecular weight excluding hydrogens is 244 g/mol. The fourth-order valence-corrected chi connectivity index (χ4v) is 2.97. The zero-order chi connectivity index (χ0) is 13.7. The highest BCUT2D eigenvalue weighted by molar-refractivity contribution is 5.17. The average molecular weight is 267 g/mol. The van der Waals surface area contributed by atoms with Crippen LogP contribution in [0.15, 0.2) is 18.2 Å². The van der Waals surface area contributed by atoms with E-state index in [1.807, 2.05) is 0 Å². The smallest absolute Gasteiger partial charge is 0.126 e. The normalized spacial score (nSPS) is 19.1. The van der Waals surface area contributed by atoms with Crippen LogP contribution in [0.2, 0.25) is 0 Å². The van der Waals surface area contributed by atoms with Gasteiger partial charge in [-0.1, -0.05) is 25.7 Å². The SMILES string of the molecule is C[C@H](NCc1cc(F)cc(F)c1)C1CCCCCC1. The lowest BCUT2D eigenvalue weighted by molar-refractivity contribution is 0.336. The summed E-state index contributed by atoms with van der Waals surface area (Å²) in [5.74, 6) is -0.307. The zero-order valence-corrected chi connectivity index (χ0v) is 11.6. The standard InChI is InChI=1S/C16H23F2N/c1-12(14-6-4-2-3-5-7-14)19-11-13-8-15(17)10-16(18)9-13/h8-10,12,14,19H,2-7,11H2,1H3/t12-/m0/s1. The van der Waals surface area contributed by atoms with Gasteiger partial charge in [-0.25, -0.2) is 8.78 Å². The third-order valence-electron chi connectivity index (χ3n) is 4.16. The maximum absolute atomic E-state index is 13.1. The van der Waals surface area contributed by atoms with E-state index in [0.717, 1.165) is 6.07 Å². The summed E-state index contributed by atoms with van der Waals surface area (Å²) in [5.41, 5.74) is 0.679. The Morgan fingerprint density at radius 3 is 2.21 bits per heavy atom. The van der Waals surface area contributed by atoms with Gasteiger partial charge in [-0.3, -0.25) is 0 Å². The summed E-state index contributed by atoms with van der Waals surface area (Å²) in [6.45, 7) is 2.72. The first-order valence-corrected chi connectivity index (χ1v) is 7.33. The van der Waals surface area contributed by atoms with E-state index in [2.05, 4.69) is 12.2 Å². The van der Waals surface area contributed by atoms with Gasteiger partial charge in [0.15, 0.2) is 0 Å². The second-order valence-electron chi connectivity index (χ2n) is 5.70. The summed E-state index contributed by atoms with van der Waals surface area (Å²) >= 11 is 0. The number of nitrogens with one attached hydrogen (secondary N) is 1. The molecule has 1 atom stereocenters. The molecule has 1 N–H and O–H groups in total. The van der Waals surface area contributed by atoms with Crippen LogP contribution < -0.4 is 5.32 Å². The quantitative estimate of drug-likeness (QED) is 0.797. The van der Waals surface area contributed by atoms with Crippen LogP contribution in [0.25, 0.3) is 0 Å². The molecule has 0 aliphatic heterocycles. The maximum Gasteiger partial charge on any atom is 0.126 e. The molecule has 1 fully saturated rings. The third kappa shape index (κ3) is 4.57. The zero-order valence-electron chi connectivity index (χ0n) is 11.6. The van der Waals surface area contributed by atoms with Gasteiger partial charge in [0.25, 0.3) is 0 Å². The van der Waals surface area contributed by atoms with Gasteiger partial charge in [0.05, 0.1) is 0 Å². The molecule has 0 heterocycles. The van der Waals surface area contributed by atoms with Gasteiger partial charge >= 0.3 is 0 Å². The van der Waals surface area contributed by atoms with Crippen molar-refractivity contribution < 1.29 is 8.78 Å². The molecule has 2 rings (SSSR count). The van der Waals surface area contributed by atoms with Crippen molar-refractivity contribution in [2.45, 2.75) is 58.0 Å². The fourth-order valence-electron chi connectivity index (χ4n) is 2.97. The molecule has 1 aliphatic rings. The lowest BCUT2D eigenvalue weighted by Gasteiger charge is -2.23. The van der Waals surface area contributed by atoms with E-state index in [-0.39, 0.29) is 0 Å². The molecule has 0 unspecified atom stereocenters. The number of hydrogen-bond acceptors (Lipinski definition) is 1. The molecule has 106 valence electrons. The minimum atomic E-state index is -0.501. The summed E-state index contributed by atoms with van der Waals surface area (Å²) in [6, 6.07) is 4.12. The number of hydrogen-bond donors (Lipinski definition) is 1. The van der Waals surface area contributed by atoms with E-state index in [4.69, 9.17) is 0 Å². The lowest BCUT2D eigenvalue weighted by atomic mass is 9.93. The van der Waals surface area contributed by atoms with Crippen LogP contribution in [0.4, 0.5) is 8.78 Å². The van der Waals surface area contributed by atoms with Crippen LogP contribution in [0, 0.1) is 17.6 Å². The van der Waals surface area contributed by atoms with E-state index in [1.54, 1.807) is 0 Å². The summed E-state index contributed by atoms with van der Waals surface area (Å²) in [6.07, 6.45) is 7.85. The Balaban J connectivity index is 1.86. The van der Waals surface area contributed by atoms with Gasteiger partial charge in [0, 0.05) is 18.7 Å². The minimum Gasteiger partial charge on any atom is -0.310 e. The van der Waals surface area contributed by atoms with Gasteiger partial charge in [0.1, 0.15) is 11.6 Å². The van der Waals surface area contributed by atoms with Crippen molar-refractivity contribution in [3.63, 3.8) is 0 Å². The Hall–Kier alpha value is -0.960. The fraction of sp³-hybridized carbons (Fsp3) is 0.625. The molecule has 3 heteroatoms. The molecule has 0 radical (unpaired) electrons. The van der Waals surface area contributed by atoms with Crippen molar-refractivity contribution in [1.29, 1.82) is 0 Å². The van der Waals surface area contributed by atoms with Gasteiger partial charge in [-0.15, -0.1) is 0 Å². The Morgan fingerprint density at radius 1 is 1.05 bits per heavy atom. The van der Waals surface area contributed by atoms with Crippen molar-refractivity contribution in [1.82, 2.24) is 5.32 Å². The Morgan fingerprint density at radius 2 is 1.63 bits per heavy atom. The van der Waals surface area contributed by atoms with Gasteiger partial charge < -0.3 is 5.32 Å². The molecule has 1 aromatic carbocycles. The Bertz CT molecular complexity index is 377. The third-order valence-corrected chi connectivity index (χ3v) is 4.16. The highest BCUT2D eigenvalue weighted by Crippen LogP contribution is 2.25. The molecule has 1 aliphatic carbocycles. The highest BCUT2D eigenvalue weighted by atomic mass is 19.1. The van der Waals surface area contributed by atoms with Crippen molar-refractivity contribution in [3.05, 3.63) is 35.4 Å². The number of rotatable bonds is 4. The molecule has 19 heavy (non-hydrogen) atoms. The lowest BCUT2D eigenvalue weighted by Crippen LogP contribution is -2.33. The molecular formula is C16H23F2N. The molecule has 0 saturated heterocycles. The van der Waals surface area contributed by atoms with Gasteiger partial charge in [0.2, 0.25) is 0 Å². The van der Waals surface area contributed by atoms with Crippen molar-refractivity contribution in [2.24, 2.45) is 5.92 Å². The Labute approximate surface area is 114 Å². The Kier molecular flexibility index (Phi) is 5.32. The molecule has 0 bridgehead atoms. The average Bonchev–Trinajstić information content (AvgIpc) is 2.63. The van der Waals surface area contributed by atoms with Crippen LogP contribution in [-0.4, -0.2) is 6.04 Å². The van der Waals surface area contributed by atoms with E-state index in [0.29, 0.717) is 24.1 Å². The van der Waals surface area contributed by atoms with Crippen LogP contribution in [-0.2, 0) is 6.54 Å². The summed E-state index contributed by atoms with van der Waals surface area (Å²) < 4.78 is 26.2. The number of halogens is 2. The highest BCUT2D eigenvalue weighted by Gasteiger charge is 2.18. The molecule has 1 saturated carbocycles. The first kappa shape index (κ1) is 14.4. The second kappa shape index (κ2) is 6.99. The predicted molar refractivity (Wildman–Crippen MR) is 73.9 cm³/mol. The summed E-state index contributed by atoms with van der Waals surface area (Å²) in [7, 11) is 0. The molecule has 0 spiro atoms. The molecule has 0 amide bonds. The maximum atomic E-state index is 13.1. The molecule has 0 aromatic heterocycles. The van der Waals surface area contributed by atoms with Crippen LogP contribution >= 0.6 is 0 Å². The van der Waals surface area contributed by atoms with E-state index in [9.17, 15) is 8.78 Å². The minimum absolute atomic E-state index is 0.407. The topological polar surface area (TPSA) is 12.0 Å². The van der Waals surface area contributed by atoms with E-state index in [1.165, 1.54) is 50.7 Å². The number of benzene rings is 1. The van der Waals surface area contributed by atoms with Crippen molar-refractivity contribution in [2.75, 3.05) is 0 Å². The monoisotopic (exact) mass is 267 g/mol. The first-order valence-electron chi connectivity index (χ1n) is 7.33. The molecule has 1 aromatic rings. The molecule has 1 nitrogen and oxygen atoms in total. The van der Waals surface area contributed by atoms with Gasteiger partial charge in [-0.05, 0) is 43.4 Å².